The number of ether oxygens (including phenoxy) is 2. The number of nitro benzene ring substituents is 1. The zero-order chi connectivity index (χ0) is 18.7. The van der Waals surface area contributed by atoms with Crippen LogP contribution in [0.1, 0.15) is 12.0 Å². The van der Waals surface area contributed by atoms with Crippen LogP contribution in [-0.2, 0) is 11.2 Å². The summed E-state index contributed by atoms with van der Waals surface area (Å²) in [6.07, 6.45) is 0.541. The van der Waals surface area contributed by atoms with Crippen molar-refractivity contribution in [1.82, 2.24) is 0 Å². The predicted octanol–water partition coefficient (Wildman–Crippen LogP) is 4.24. The van der Waals surface area contributed by atoms with Crippen LogP contribution in [0.15, 0.2) is 30.3 Å². The molecule has 0 saturated carbocycles. The van der Waals surface area contributed by atoms with Crippen molar-refractivity contribution in [2.24, 2.45) is 0 Å². The Morgan fingerprint density at radius 3 is 2.38 bits per heavy atom. The van der Waals surface area contributed by atoms with Gasteiger partial charge in [-0.25, -0.2) is 0 Å². The van der Waals surface area contributed by atoms with E-state index in [2.05, 4.69) is 5.32 Å². The molecule has 2 aromatic carbocycles. The lowest BCUT2D eigenvalue weighted by atomic mass is 10.1. The Morgan fingerprint density at radius 2 is 1.77 bits per heavy atom. The summed E-state index contributed by atoms with van der Waals surface area (Å²) in [5.41, 5.74) is 0.186. The van der Waals surface area contributed by atoms with E-state index in [0.29, 0.717) is 41.0 Å². The van der Waals surface area contributed by atoms with Gasteiger partial charge in [-0.2, -0.15) is 0 Å². The second kappa shape index (κ2) is 7.80. The number of nitrogens with one attached hydrogen (secondary N) is 1. The van der Waals surface area contributed by atoms with Gasteiger partial charge in [-0.15, -0.1) is 0 Å². The summed E-state index contributed by atoms with van der Waals surface area (Å²) < 4.78 is 11.0. The second-order valence-electron chi connectivity index (χ2n) is 5.55. The van der Waals surface area contributed by atoms with Crippen molar-refractivity contribution >= 4 is 40.5 Å². The van der Waals surface area contributed by atoms with Gasteiger partial charge in [0.05, 0.1) is 30.6 Å². The fraction of sp³-hybridized carbons (Fsp3) is 0.235. The van der Waals surface area contributed by atoms with Crippen molar-refractivity contribution < 1.29 is 19.2 Å². The van der Waals surface area contributed by atoms with Crippen molar-refractivity contribution in [3.63, 3.8) is 0 Å². The minimum absolute atomic E-state index is 0.0208. The molecule has 0 radical (unpaired) electrons. The van der Waals surface area contributed by atoms with E-state index in [1.165, 1.54) is 12.1 Å². The van der Waals surface area contributed by atoms with Crippen LogP contribution in [0.5, 0.6) is 11.5 Å². The average Bonchev–Trinajstić information content (AvgIpc) is 2.82. The molecule has 7 nitrogen and oxygen atoms in total. The Balaban J connectivity index is 1.87. The molecule has 1 aliphatic rings. The van der Waals surface area contributed by atoms with E-state index in [1.54, 1.807) is 18.2 Å². The number of carbonyl (C=O) groups excluding carboxylic acids is 1. The highest BCUT2D eigenvalue weighted by Crippen LogP contribution is 2.39. The van der Waals surface area contributed by atoms with Crippen LogP contribution in [0.2, 0.25) is 10.0 Å². The lowest BCUT2D eigenvalue weighted by Crippen LogP contribution is -2.16. The molecule has 0 atom stereocenters. The Labute approximate surface area is 159 Å². The highest BCUT2D eigenvalue weighted by atomic mass is 35.5. The van der Waals surface area contributed by atoms with Crippen LogP contribution in [0.4, 0.5) is 11.4 Å². The number of hydrogen-bond acceptors (Lipinski definition) is 5. The maximum Gasteiger partial charge on any atom is 0.296 e. The first-order valence-corrected chi connectivity index (χ1v) is 8.52. The monoisotopic (exact) mass is 396 g/mol. The zero-order valence-corrected chi connectivity index (χ0v) is 15.0. The fourth-order valence-corrected chi connectivity index (χ4v) is 3.04. The molecule has 0 bridgehead atoms. The Bertz CT molecular complexity index is 852. The second-order valence-corrected chi connectivity index (χ2v) is 6.36. The first-order chi connectivity index (χ1) is 12.5. The van der Waals surface area contributed by atoms with Crippen LogP contribution < -0.4 is 14.8 Å². The Kier molecular flexibility index (Phi) is 5.49. The molecule has 9 heteroatoms. The zero-order valence-electron chi connectivity index (χ0n) is 13.5. The Morgan fingerprint density at radius 1 is 1.15 bits per heavy atom. The largest absolute Gasteiger partial charge is 0.489 e. The normalized spacial score (nSPS) is 13.0. The molecule has 1 aliphatic heterocycles. The summed E-state index contributed by atoms with van der Waals surface area (Å²) in [5.74, 6) is 0.137. The van der Waals surface area contributed by atoms with Crippen molar-refractivity contribution in [2.75, 3.05) is 18.5 Å². The minimum Gasteiger partial charge on any atom is -0.489 e. The highest BCUT2D eigenvalue weighted by Gasteiger charge is 2.23. The van der Waals surface area contributed by atoms with E-state index < -0.39 is 10.8 Å². The summed E-state index contributed by atoms with van der Waals surface area (Å²) in [5, 5.41) is 14.6. The van der Waals surface area contributed by atoms with Crippen molar-refractivity contribution in [3.8, 4) is 11.5 Å². The van der Waals surface area contributed by atoms with Crippen LogP contribution in [0, 0.1) is 10.1 Å². The summed E-state index contributed by atoms with van der Waals surface area (Å²) >= 11 is 12.1. The summed E-state index contributed by atoms with van der Waals surface area (Å²) in [7, 11) is 0. The lowest BCUT2D eigenvalue weighted by Gasteiger charge is -2.12. The molecular weight excluding hydrogens is 383 g/mol. The smallest absolute Gasteiger partial charge is 0.296 e. The molecule has 0 spiro atoms. The lowest BCUT2D eigenvalue weighted by molar-refractivity contribution is -0.384. The SMILES string of the molecule is O=C(Cc1c(Cl)cccc1Cl)Nc1cc2c(cc1[N+](=O)[O-])OCCCO2. The van der Waals surface area contributed by atoms with Gasteiger partial charge in [0.2, 0.25) is 5.91 Å². The summed E-state index contributed by atoms with van der Waals surface area (Å²) in [6.45, 7) is 0.828. The molecule has 2 aromatic rings. The molecule has 0 aliphatic carbocycles. The quantitative estimate of drug-likeness (QED) is 0.616. The van der Waals surface area contributed by atoms with Crippen molar-refractivity contribution in [3.05, 3.63) is 56.1 Å². The molecule has 136 valence electrons. The number of fused-ring (bicyclic) bond motifs is 1. The number of anilines is 1. The molecule has 1 N–H and O–H groups in total. The third kappa shape index (κ3) is 4.00. The molecule has 1 amide bonds. The number of rotatable bonds is 4. The number of nitrogens with zero attached hydrogens (tertiary/aromatic N) is 1. The molecule has 0 aromatic heterocycles. The van der Waals surface area contributed by atoms with Crippen LogP contribution >= 0.6 is 23.2 Å². The maximum absolute atomic E-state index is 12.4. The third-order valence-corrected chi connectivity index (χ3v) is 4.44. The Hall–Kier alpha value is -2.51. The standard InChI is InChI=1S/C17H14Cl2N2O5/c18-11-3-1-4-12(19)10(11)7-17(22)20-13-8-15-16(9-14(13)21(23)24)26-6-2-5-25-15/h1,3-4,8-9H,2,5-7H2,(H,20,22). The van der Waals surface area contributed by atoms with Gasteiger partial charge in [0.25, 0.3) is 5.69 Å². The number of nitro groups is 1. The van der Waals surface area contributed by atoms with E-state index in [9.17, 15) is 14.9 Å². The predicted molar refractivity (Wildman–Crippen MR) is 97.5 cm³/mol. The molecule has 1 heterocycles. The maximum atomic E-state index is 12.4. The highest BCUT2D eigenvalue weighted by molar-refractivity contribution is 6.36. The molecule has 3 rings (SSSR count). The fourth-order valence-electron chi connectivity index (χ4n) is 2.51. The molecular formula is C17H14Cl2N2O5. The minimum atomic E-state index is -0.591. The summed E-state index contributed by atoms with van der Waals surface area (Å²) in [6, 6.07) is 7.54. The van der Waals surface area contributed by atoms with Gasteiger partial charge in [-0.1, -0.05) is 29.3 Å². The molecule has 0 saturated heterocycles. The van der Waals surface area contributed by atoms with Gasteiger partial charge in [0.15, 0.2) is 11.5 Å². The number of benzene rings is 2. The van der Waals surface area contributed by atoms with E-state index in [1.807, 2.05) is 0 Å². The van der Waals surface area contributed by atoms with E-state index in [4.69, 9.17) is 32.7 Å². The molecule has 0 fully saturated rings. The van der Waals surface area contributed by atoms with E-state index in [0.717, 1.165) is 0 Å². The molecule has 0 unspecified atom stereocenters. The van der Waals surface area contributed by atoms with Gasteiger partial charge < -0.3 is 14.8 Å². The van der Waals surface area contributed by atoms with Crippen molar-refractivity contribution in [1.29, 1.82) is 0 Å². The average molecular weight is 397 g/mol. The van der Waals surface area contributed by atoms with Crippen LogP contribution in [-0.4, -0.2) is 24.0 Å². The van der Waals surface area contributed by atoms with E-state index in [-0.39, 0.29) is 23.5 Å². The van der Waals surface area contributed by atoms with Gasteiger partial charge in [0, 0.05) is 22.5 Å². The van der Waals surface area contributed by atoms with Gasteiger partial charge in [-0.05, 0) is 17.7 Å². The van der Waals surface area contributed by atoms with Crippen molar-refractivity contribution in [2.45, 2.75) is 12.8 Å². The van der Waals surface area contributed by atoms with Crippen LogP contribution in [0.3, 0.4) is 0 Å². The van der Waals surface area contributed by atoms with Gasteiger partial charge >= 0.3 is 0 Å². The molecule has 26 heavy (non-hydrogen) atoms. The number of hydrogen-bond donors (Lipinski definition) is 1. The third-order valence-electron chi connectivity index (χ3n) is 3.74. The van der Waals surface area contributed by atoms with E-state index >= 15 is 0 Å². The first kappa shape index (κ1) is 18.3. The number of amides is 1. The van der Waals surface area contributed by atoms with Gasteiger partial charge in [0.1, 0.15) is 5.69 Å². The number of halogens is 2. The van der Waals surface area contributed by atoms with Gasteiger partial charge in [-0.3, -0.25) is 14.9 Å². The summed E-state index contributed by atoms with van der Waals surface area (Å²) in [4.78, 5) is 23.1. The number of carbonyl (C=O) groups is 1. The first-order valence-electron chi connectivity index (χ1n) is 7.76. The van der Waals surface area contributed by atoms with Crippen LogP contribution in [0.25, 0.3) is 0 Å². The topological polar surface area (TPSA) is 90.7 Å².